The van der Waals surface area contributed by atoms with Crippen LogP contribution in [-0.4, -0.2) is 22.9 Å². The molecular weight excluding hydrogens is 400 g/mol. The number of alkyl halides is 3. The third-order valence-electron chi connectivity index (χ3n) is 3.98. The largest absolute Gasteiger partial charge is 0.465 e. The minimum Gasteiger partial charge on any atom is -0.465 e. The van der Waals surface area contributed by atoms with Crippen molar-refractivity contribution in [3.05, 3.63) is 76.3 Å². The van der Waals surface area contributed by atoms with Crippen molar-refractivity contribution in [1.82, 2.24) is 9.78 Å². The highest BCUT2D eigenvalue weighted by Crippen LogP contribution is 2.37. The number of carbonyl (C=O) groups is 1. The molecule has 0 amide bonds. The summed E-state index contributed by atoms with van der Waals surface area (Å²) in [6.07, 6.45) is -3.55. The van der Waals surface area contributed by atoms with Gasteiger partial charge in [0.05, 0.1) is 19.2 Å². The molecule has 0 aliphatic rings. The topological polar surface area (TPSA) is 44.1 Å². The van der Waals surface area contributed by atoms with E-state index < -0.39 is 23.7 Å². The van der Waals surface area contributed by atoms with E-state index in [1.54, 1.807) is 0 Å². The first-order valence-electron chi connectivity index (χ1n) is 7.97. The van der Waals surface area contributed by atoms with E-state index in [0.29, 0.717) is 0 Å². The molecule has 0 aliphatic heterocycles. The molecular formula is C19H13ClF4N2O2. The van der Waals surface area contributed by atoms with Crippen LogP contribution in [0.3, 0.4) is 0 Å². The van der Waals surface area contributed by atoms with Gasteiger partial charge in [-0.25, -0.2) is 9.18 Å². The van der Waals surface area contributed by atoms with Gasteiger partial charge in [0.25, 0.3) is 0 Å². The average molecular weight is 413 g/mol. The van der Waals surface area contributed by atoms with Gasteiger partial charge in [0.2, 0.25) is 0 Å². The van der Waals surface area contributed by atoms with Crippen LogP contribution in [0.25, 0.3) is 11.1 Å². The van der Waals surface area contributed by atoms with Crippen molar-refractivity contribution >= 4 is 17.6 Å². The Bertz CT molecular complexity index is 1030. The minimum absolute atomic E-state index is 0.00299. The van der Waals surface area contributed by atoms with Gasteiger partial charge in [-0.1, -0.05) is 35.9 Å². The smallest absolute Gasteiger partial charge is 0.435 e. The zero-order valence-electron chi connectivity index (χ0n) is 14.4. The summed E-state index contributed by atoms with van der Waals surface area (Å²) < 4.78 is 60.3. The molecule has 0 N–H and O–H groups in total. The Labute approximate surface area is 162 Å². The van der Waals surface area contributed by atoms with Crippen LogP contribution >= 0.6 is 11.6 Å². The van der Waals surface area contributed by atoms with E-state index >= 15 is 0 Å². The second-order valence-electron chi connectivity index (χ2n) is 5.87. The highest BCUT2D eigenvalue weighted by Gasteiger charge is 2.37. The number of nitrogens with zero attached hydrogens (tertiary/aromatic N) is 2. The molecule has 1 aromatic heterocycles. The summed E-state index contributed by atoms with van der Waals surface area (Å²) in [5.74, 6) is -1.75. The summed E-state index contributed by atoms with van der Waals surface area (Å²) in [4.78, 5) is 11.6. The van der Waals surface area contributed by atoms with E-state index in [4.69, 9.17) is 11.6 Å². The zero-order chi connectivity index (χ0) is 20.5. The Hall–Kier alpha value is -2.87. The van der Waals surface area contributed by atoms with Crippen LogP contribution in [0.5, 0.6) is 0 Å². The molecule has 0 aliphatic carbocycles. The van der Waals surface area contributed by atoms with Crippen LogP contribution in [-0.2, 0) is 17.5 Å². The van der Waals surface area contributed by atoms with E-state index in [1.165, 1.54) is 48.7 Å². The monoisotopic (exact) mass is 412 g/mol. The Morgan fingerprint density at radius 1 is 1.21 bits per heavy atom. The molecule has 0 saturated carbocycles. The third kappa shape index (κ3) is 4.01. The lowest BCUT2D eigenvalue weighted by atomic mass is 10.1. The third-order valence-corrected chi connectivity index (χ3v) is 4.22. The Morgan fingerprint density at radius 2 is 1.93 bits per heavy atom. The minimum atomic E-state index is -4.71. The number of rotatable bonds is 4. The van der Waals surface area contributed by atoms with Crippen LogP contribution < -0.4 is 0 Å². The van der Waals surface area contributed by atoms with E-state index in [2.05, 4.69) is 9.84 Å². The standard InChI is InChI=1S/C19H13ClF4N2O2/c1-28-18(27)14-7-3-5-12(16(14)21)9-26-10-15(17(25-26)19(22,23)24)11-4-2-6-13(20)8-11/h2-8,10H,9H2,1H3. The lowest BCUT2D eigenvalue weighted by Crippen LogP contribution is -2.11. The molecule has 1 heterocycles. The highest BCUT2D eigenvalue weighted by atomic mass is 35.5. The quantitative estimate of drug-likeness (QED) is 0.437. The number of halogens is 5. The molecule has 0 saturated heterocycles. The summed E-state index contributed by atoms with van der Waals surface area (Å²) in [6.45, 7) is -0.305. The van der Waals surface area contributed by atoms with Crippen molar-refractivity contribution in [2.45, 2.75) is 12.7 Å². The molecule has 0 spiro atoms. The van der Waals surface area contributed by atoms with Crippen LogP contribution in [0.1, 0.15) is 21.6 Å². The number of esters is 1. The van der Waals surface area contributed by atoms with Gasteiger partial charge in [-0.15, -0.1) is 0 Å². The second kappa shape index (κ2) is 7.63. The molecule has 0 atom stereocenters. The molecule has 28 heavy (non-hydrogen) atoms. The van der Waals surface area contributed by atoms with Gasteiger partial charge in [0.15, 0.2) is 5.69 Å². The van der Waals surface area contributed by atoms with Crippen molar-refractivity contribution in [3.8, 4) is 11.1 Å². The maximum absolute atomic E-state index is 14.5. The lowest BCUT2D eigenvalue weighted by molar-refractivity contribution is -0.141. The predicted octanol–water partition coefficient (Wildman–Crippen LogP) is 5.20. The molecule has 0 fully saturated rings. The van der Waals surface area contributed by atoms with Gasteiger partial charge < -0.3 is 4.74 Å². The van der Waals surface area contributed by atoms with Crippen LogP contribution in [0.15, 0.2) is 48.7 Å². The molecule has 0 unspecified atom stereocenters. The fourth-order valence-corrected chi connectivity index (χ4v) is 2.91. The van der Waals surface area contributed by atoms with E-state index in [9.17, 15) is 22.4 Å². The Morgan fingerprint density at radius 3 is 2.57 bits per heavy atom. The molecule has 3 aromatic rings. The summed E-state index contributed by atoms with van der Waals surface area (Å²) in [6, 6.07) is 9.92. The molecule has 0 bridgehead atoms. The molecule has 9 heteroatoms. The normalized spacial score (nSPS) is 11.5. The molecule has 3 rings (SSSR count). The van der Waals surface area contributed by atoms with E-state index in [1.807, 2.05) is 0 Å². The van der Waals surface area contributed by atoms with Gasteiger partial charge >= 0.3 is 12.1 Å². The number of aromatic nitrogens is 2. The summed E-state index contributed by atoms with van der Waals surface area (Å²) in [5.41, 5.74) is -1.37. The number of methoxy groups -OCH3 is 1. The second-order valence-corrected chi connectivity index (χ2v) is 6.30. The number of ether oxygens (including phenoxy) is 1. The van der Waals surface area contributed by atoms with Crippen LogP contribution in [0.4, 0.5) is 17.6 Å². The Kier molecular flexibility index (Phi) is 5.42. The molecule has 0 radical (unpaired) electrons. The zero-order valence-corrected chi connectivity index (χ0v) is 15.2. The fraction of sp³-hybridized carbons (Fsp3) is 0.158. The van der Waals surface area contributed by atoms with Crippen molar-refractivity contribution in [2.75, 3.05) is 7.11 Å². The maximum atomic E-state index is 14.5. The van der Waals surface area contributed by atoms with Crippen LogP contribution in [0.2, 0.25) is 5.02 Å². The van der Waals surface area contributed by atoms with Gasteiger partial charge in [-0.2, -0.15) is 18.3 Å². The number of hydrogen-bond donors (Lipinski definition) is 0. The van der Waals surface area contributed by atoms with Crippen molar-refractivity contribution in [3.63, 3.8) is 0 Å². The summed E-state index contributed by atoms with van der Waals surface area (Å²) in [7, 11) is 1.11. The first kappa shape index (κ1) is 19.9. The number of hydrogen-bond acceptors (Lipinski definition) is 3. The van der Waals surface area contributed by atoms with Gasteiger partial charge in [-0.05, 0) is 23.8 Å². The SMILES string of the molecule is COC(=O)c1cccc(Cn2cc(-c3cccc(Cl)c3)c(C(F)(F)F)n2)c1F. The number of carbonyl (C=O) groups excluding carboxylic acids is 1. The maximum Gasteiger partial charge on any atom is 0.435 e. The lowest BCUT2D eigenvalue weighted by Gasteiger charge is -2.07. The summed E-state index contributed by atoms with van der Waals surface area (Å²) in [5, 5.41) is 3.86. The summed E-state index contributed by atoms with van der Waals surface area (Å²) >= 11 is 5.88. The van der Waals surface area contributed by atoms with E-state index in [0.717, 1.165) is 11.8 Å². The van der Waals surface area contributed by atoms with E-state index in [-0.39, 0.29) is 33.8 Å². The average Bonchev–Trinajstić information content (AvgIpc) is 3.07. The van der Waals surface area contributed by atoms with Crippen molar-refractivity contribution in [2.24, 2.45) is 0 Å². The predicted molar refractivity (Wildman–Crippen MR) is 94.5 cm³/mol. The van der Waals surface area contributed by atoms with Crippen LogP contribution in [0, 0.1) is 5.82 Å². The fourth-order valence-electron chi connectivity index (χ4n) is 2.72. The highest BCUT2D eigenvalue weighted by molar-refractivity contribution is 6.30. The van der Waals surface area contributed by atoms with Crippen molar-refractivity contribution in [1.29, 1.82) is 0 Å². The molecule has 2 aromatic carbocycles. The molecule has 146 valence electrons. The Balaban J connectivity index is 2.04. The van der Waals surface area contributed by atoms with Gasteiger partial charge in [-0.3, -0.25) is 4.68 Å². The molecule has 4 nitrogen and oxygen atoms in total. The van der Waals surface area contributed by atoms with Gasteiger partial charge in [0, 0.05) is 22.3 Å². The first-order valence-corrected chi connectivity index (χ1v) is 8.35. The first-order chi connectivity index (χ1) is 13.2. The van der Waals surface area contributed by atoms with Crippen molar-refractivity contribution < 1.29 is 27.1 Å². The van der Waals surface area contributed by atoms with Gasteiger partial charge in [0.1, 0.15) is 5.82 Å². The number of benzene rings is 2.